The fourth-order valence-electron chi connectivity index (χ4n) is 3.89. The number of hydrogen-bond acceptors (Lipinski definition) is 3. The van der Waals surface area contributed by atoms with Gasteiger partial charge in [-0.25, -0.2) is 9.18 Å². The number of amides is 1. The van der Waals surface area contributed by atoms with E-state index in [-0.39, 0.29) is 24.1 Å². The molecule has 2 saturated heterocycles. The predicted molar refractivity (Wildman–Crippen MR) is 56.3 cm³/mol. The molecule has 5 unspecified atom stereocenters. The van der Waals surface area contributed by atoms with E-state index in [1.54, 1.807) is 4.90 Å². The minimum absolute atomic E-state index is 0.00781. The molecule has 0 radical (unpaired) electrons. The van der Waals surface area contributed by atoms with Gasteiger partial charge in [0.15, 0.2) is 0 Å². The fourth-order valence-corrected chi connectivity index (χ4v) is 3.89. The van der Waals surface area contributed by atoms with Crippen LogP contribution in [-0.4, -0.2) is 46.6 Å². The van der Waals surface area contributed by atoms with Gasteiger partial charge in [0.1, 0.15) is 16.9 Å². The number of carbonyl (C=O) groups is 1. The highest BCUT2D eigenvalue weighted by Gasteiger charge is 2.97. The van der Waals surface area contributed by atoms with Crippen LogP contribution in [0.5, 0.6) is 0 Å². The third-order valence-corrected chi connectivity index (χ3v) is 4.63. The third-order valence-electron chi connectivity index (χ3n) is 4.63. The lowest BCUT2D eigenvalue weighted by Gasteiger charge is -2.74. The van der Waals surface area contributed by atoms with Crippen LogP contribution in [0.3, 0.4) is 0 Å². The summed E-state index contributed by atoms with van der Waals surface area (Å²) in [6, 6.07) is -0.160. The summed E-state index contributed by atoms with van der Waals surface area (Å²) >= 11 is 0. The molecule has 17 heavy (non-hydrogen) atoms. The highest BCUT2D eigenvalue weighted by molar-refractivity contribution is 5.75. The van der Waals surface area contributed by atoms with E-state index in [2.05, 4.69) is 0 Å². The molecule has 0 bridgehead atoms. The lowest BCUT2D eigenvalue weighted by Crippen LogP contribution is -2.95. The number of likely N-dealkylation sites (tertiary alicyclic amines) is 1. The van der Waals surface area contributed by atoms with Crippen molar-refractivity contribution in [3.63, 3.8) is 0 Å². The van der Waals surface area contributed by atoms with Crippen LogP contribution in [-0.2, 0) is 9.47 Å². The zero-order valence-corrected chi connectivity index (χ0v) is 10.2. The summed E-state index contributed by atoms with van der Waals surface area (Å²) < 4.78 is 24.9. The molecule has 0 aromatic heterocycles. The van der Waals surface area contributed by atoms with Crippen LogP contribution in [0.2, 0.25) is 0 Å². The molecule has 2 saturated carbocycles. The average molecular weight is 241 g/mol. The SMILES string of the molecule is CC(C)(C)OC(=O)N1C2COC23C1C1CC13F. The molecule has 5 atom stereocenters. The summed E-state index contributed by atoms with van der Waals surface area (Å²) in [5.41, 5.74) is -2.27. The van der Waals surface area contributed by atoms with Gasteiger partial charge in [-0.15, -0.1) is 0 Å². The molecule has 4 fully saturated rings. The Bertz CT molecular complexity index is 434. The Morgan fingerprint density at radius 3 is 2.76 bits per heavy atom. The highest BCUT2D eigenvalue weighted by Crippen LogP contribution is 2.80. The monoisotopic (exact) mass is 241 g/mol. The number of piperidine rings is 1. The molecule has 2 heterocycles. The van der Waals surface area contributed by atoms with Gasteiger partial charge in [-0.3, -0.25) is 4.90 Å². The molecule has 4 rings (SSSR count). The van der Waals surface area contributed by atoms with Gasteiger partial charge in [0, 0.05) is 5.92 Å². The topological polar surface area (TPSA) is 38.8 Å². The van der Waals surface area contributed by atoms with E-state index in [9.17, 15) is 9.18 Å². The van der Waals surface area contributed by atoms with E-state index in [1.807, 2.05) is 20.8 Å². The van der Waals surface area contributed by atoms with Crippen molar-refractivity contribution >= 4 is 6.09 Å². The summed E-state index contributed by atoms with van der Waals surface area (Å²) in [6.07, 6.45) is 0.230. The van der Waals surface area contributed by atoms with Crippen molar-refractivity contribution in [2.45, 2.75) is 56.1 Å². The first-order valence-corrected chi connectivity index (χ1v) is 6.15. The number of nitrogens with zero attached hydrogens (tertiary/aromatic N) is 1. The van der Waals surface area contributed by atoms with Crippen LogP contribution in [0.25, 0.3) is 0 Å². The first kappa shape index (κ1) is 10.1. The largest absolute Gasteiger partial charge is 0.444 e. The Balaban J connectivity index is 1.54. The molecule has 0 aromatic rings. The number of hydrogen-bond donors (Lipinski definition) is 0. The van der Waals surface area contributed by atoms with Crippen LogP contribution in [0.4, 0.5) is 9.18 Å². The Kier molecular flexibility index (Phi) is 1.38. The molecule has 1 amide bonds. The Hall–Kier alpha value is -0.840. The number of halogens is 1. The minimum atomic E-state index is -1.13. The molecule has 4 aliphatic rings. The number of fused-ring (bicyclic) bond motifs is 2. The molecule has 94 valence electrons. The standard InChI is InChI=1S/C12H16FNO3/c1-10(2,3)17-9(15)14-7-5-16-12(7)8(14)6-4-11(6,12)13/h6-8H,4-5H2,1-3H3. The van der Waals surface area contributed by atoms with Crippen molar-refractivity contribution in [3.05, 3.63) is 0 Å². The Morgan fingerprint density at radius 2 is 2.24 bits per heavy atom. The third kappa shape index (κ3) is 0.832. The fraction of sp³-hybridized carbons (Fsp3) is 0.917. The second-order valence-corrected chi connectivity index (χ2v) is 6.63. The van der Waals surface area contributed by atoms with Crippen LogP contribution < -0.4 is 0 Å². The van der Waals surface area contributed by atoms with Gasteiger partial charge in [-0.05, 0) is 27.2 Å². The number of morpholine rings is 1. The molecule has 0 aromatic carbocycles. The van der Waals surface area contributed by atoms with Gasteiger partial charge in [-0.2, -0.15) is 0 Å². The van der Waals surface area contributed by atoms with E-state index in [1.165, 1.54) is 0 Å². The number of carbonyl (C=O) groups excluding carboxylic acids is 1. The quantitative estimate of drug-likeness (QED) is 0.645. The van der Waals surface area contributed by atoms with Crippen molar-refractivity contribution in [1.82, 2.24) is 4.90 Å². The van der Waals surface area contributed by atoms with Crippen molar-refractivity contribution < 1.29 is 18.7 Å². The molecule has 5 heteroatoms. The van der Waals surface area contributed by atoms with E-state index < -0.39 is 16.9 Å². The van der Waals surface area contributed by atoms with Crippen LogP contribution >= 0.6 is 0 Å². The maximum atomic E-state index is 14.1. The molecular formula is C12H16FNO3. The second kappa shape index (κ2) is 2.32. The lowest BCUT2D eigenvalue weighted by molar-refractivity contribution is -0.387. The first-order chi connectivity index (χ1) is 7.81. The minimum Gasteiger partial charge on any atom is -0.444 e. The zero-order valence-electron chi connectivity index (χ0n) is 10.2. The van der Waals surface area contributed by atoms with E-state index >= 15 is 0 Å². The maximum absolute atomic E-state index is 14.1. The molecule has 4 nitrogen and oxygen atoms in total. The average Bonchev–Trinajstić information content (AvgIpc) is 2.68. The summed E-state index contributed by atoms with van der Waals surface area (Å²) in [7, 11) is 0. The normalized spacial score (nSPS) is 53.2. The van der Waals surface area contributed by atoms with Gasteiger partial charge in [0.2, 0.25) is 0 Å². The van der Waals surface area contributed by atoms with Crippen molar-refractivity contribution in [2.24, 2.45) is 5.92 Å². The molecule has 0 N–H and O–H groups in total. The summed E-state index contributed by atoms with van der Waals surface area (Å²) in [6.45, 7) is 5.97. The number of ether oxygens (including phenoxy) is 2. The van der Waals surface area contributed by atoms with E-state index in [0.717, 1.165) is 0 Å². The van der Waals surface area contributed by atoms with Gasteiger partial charge >= 0.3 is 6.09 Å². The first-order valence-electron chi connectivity index (χ1n) is 6.15. The molecule has 2 aliphatic carbocycles. The van der Waals surface area contributed by atoms with Crippen LogP contribution in [0.1, 0.15) is 27.2 Å². The van der Waals surface area contributed by atoms with Crippen LogP contribution in [0, 0.1) is 5.92 Å². The number of alkyl halides is 1. The highest BCUT2D eigenvalue weighted by atomic mass is 19.1. The summed E-state index contributed by atoms with van der Waals surface area (Å²) in [5.74, 6) is -0.00781. The van der Waals surface area contributed by atoms with Crippen molar-refractivity contribution in [3.8, 4) is 0 Å². The Labute approximate surface area is 99.0 Å². The summed E-state index contributed by atoms with van der Waals surface area (Å²) in [4.78, 5) is 13.7. The molecular weight excluding hydrogens is 225 g/mol. The second-order valence-electron chi connectivity index (χ2n) is 6.63. The van der Waals surface area contributed by atoms with E-state index in [4.69, 9.17) is 9.47 Å². The predicted octanol–water partition coefficient (Wildman–Crippen LogP) is 1.49. The summed E-state index contributed by atoms with van der Waals surface area (Å²) in [5, 5.41) is 0. The van der Waals surface area contributed by atoms with Gasteiger partial charge in [0.05, 0.1) is 18.7 Å². The maximum Gasteiger partial charge on any atom is 0.411 e. The smallest absolute Gasteiger partial charge is 0.411 e. The van der Waals surface area contributed by atoms with Crippen molar-refractivity contribution in [2.75, 3.05) is 6.61 Å². The lowest BCUT2D eigenvalue weighted by atomic mass is 9.56. The Morgan fingerprint density at radius 1 is 1.53 bits per heavy atom. The number of rotatable bonds is 0. The molecule has 1 spiro atoms. The van der Waals surface area contributed by atoms with Crippen LogP contribution in [0.15, 0.2) is 0 Å². The van der Waals surface area contributed by atoms with Gasteiger partial charge in [0.25, 0.3) is 0 Å². The van der Waals surface area contributed by atoms with Crippen molar-refractivity contribution in [1.29, 1.82) is 0 Å². The molecule has 2 aliphatic heterocycles. The van der Waals surface area contributed by atoms with Gasteiger partial charge < -0.3 is 9.47 Å². The van der Waals surface area contributed by atoms with E-state index in [0.29, 0.717) is 13.0 Å². The zero-order chi connectivity index (χ0) is 12.2. The van der Waals surface area contributed by atoms with Gasteiger partial charge in [-0.1, -0.05) is 0 Å².